The van der Waals surface area contributed by atoms with Gasteiger partial charge >= 0.3 is 5.97 Å². The van der Waals surface area contributed by atoms with Crippen molar-refractivity contribution in [2.45, 2.75) is 31.6 Å². The minimum atomic E-state index is -4.08. The van der Waals surface area contributed by atoms with E-state index in [2.05, 4.69) is 11.6 Å². The largest absolute Gasteiger partial charge is 0.495 e. The van der Waals surface area contributed by atoms with E-state index in [1.165, 1.54) is 37.4 Å². The predicted molar refractivity (Wildman–Crippen MR) is 115 cm³/mol. The number of carbonyl (C=O) groups is 1. The maximum absolute atomic E-state index is 13.1. The molecule has 0 atom stereocenters. The molecule has 0 aliphatic rings. The molecule has 158 valence electrons. The Kier molecular flexibility index (Phi) is 7.75. The average Bonchev–Trinajstić information content (AvgIpc) is 2.69. The average molecular weight is 441 g/mol. The van der Waals surface area contributed by atoms with Crippen LogP contribution in [0.4, 0.5) is 11.4 Å². The second-order valence-corrected chi connectivity index (χ2v) is 8.46. The molecule has 0 aromatic heterocycles. The van der Waals surface area contributed by atoms with E-state index in [9.17, 15) is 18.3 Å². The van der Waals surface area contributed by atoms with Crippen molar-refractivity contribution in [3.05, 3.63) is 47.0 Å². The molecule has 29 heavy (non-hydrogen) atoms. The molecule has 9 heteroatoms. The molecule has 0 saturated carbocycles. The maximum atomic E-state index is 13.1. The van der Waals surface area contributed by atoms with Gasteiger partial charge in [-0.05, 0) is 49.7 Å². The number of benzene rings is 2. The van der Waals surface area contributed by atoms with Gasteiger partial charge in [-0.1, -0.05) is 24.9 Å². The number of carboxylic acid groups (broad SMARTS) is 1. The minimum Gasteiger partial charge on any atom is -0.495 e. The van der Waals surface area contributed by atoms with Crippen molar-refractivity contribution in [3.8, 4) is 5.75 Å². The van der Waals surface area contributed by atoms with Crippen LogP contribution in [0.25, 0.3) is 0 Å². The smallest absolute Gasteiger partial charge is 0.335 e. The van der Waals surface area contributed by atoms with Crippen LogP contribution in [0.2, 0.25) is 5.02 Å². The lowest BCUT2D eigenvalue weighted by molar-refractivity contribution is 0.0697. The monoisotopic (exact) mass is 440 g/mol. The molecule has 2 aromatic rings. The van der Waals surface area contributed by atoms with Gasteiger partial charge in [0, 0.05) is 18.1 Å². The van der Waals surface area contributed by atoms with Crippen LogP contribution < -0.4 is 14.4 Å². The zero-order valence-electron chi connectivity index (χ0n) is 16.6. The first kappa shape index (κ1) is 22.8. The predicted octanol–water partition coefficient (Wildman–Crippen LogP) is 4.47. The van der Waals surface area contributed by atoms with Crippen LogP contribution in [0.15, 0.2) is 41.3 Å². The van der Waals surface area contributed by atoms with E-state index < -0.39 is 16.0 Å². The highest BCUT2D eigenvalue weighted by Gasteiger charge is 2.23. The van der Waals surface area contributed by atoms with Gasteiger partial charge in [-0.3, -0.25) is 4.72 Å². The number of nitrogens with one attached hydrogen (secondary N) is 1. The number of carboxylic acids is 1. The molecule has 2 N–H and O–H groups in total. The molecule has 0 saturated heterocycles. The fraction of sp³-hybridized carbons (Fsp3) is 0.350. The van der Waals surface area contributed by atoms with E-state index in [1.807, 2.05) is 11.8 Å². The minimum absolute atomic E-state index is 0.0175. The van der Waals surface area contributed by atoms with Crippen molar-refractivity contribution in [2.75, 3.05) is 29.8 Å². The normalized spacial score (nSPS) is 11.2. The summed E-state index contributed by atoms with van der Waals surface area (Å²) in [4.78, 5) is 13.3. The van der Waals surface area contributed by atoms with E-state index in [0.29, 0.717) is 18.8 Å². The molecule has 7 nitrogen and oxygen atoms in total. The van der Waals surface area contributed by atoms with Gasteiger partial charge < -0.3 is 14.7 Å². The molecular formula is C20H25ClN2O5S. The van der Waals surface area contributed by atoms with E-state index in [4.69, 9.17) is 16.3 Å². The Bertz CT molecular complexity index is 979. The van der Waals surface area contributed by atoms with Crippen molar-refractivity contribution < 1.29 is 23.1 Å². The van der Waals surface area contributed by atoms with Crippen molar-refractivity contribution in [2.24, 2.45) is 0 Å². The van der Waals surface area contributed by atoms with Crippen molar-refractivity contribution in [1.82, 2.24) is 0 Å². The molecule has 0 radical (unpaired) electrons. The lowest BCUT2D eigenvalue weighted by Crippen LogP contribution is -2.26. The zero-order valence-corrected chi connectivity index (χ0v) is 18.2. The first-order valence-electron chi connectivity index (χ1n) is 9.22. The summed E-state index contributed by atoms with van der Waals surface area (Å²) < 4.78 is 33.8. The van der Waals surface area contributed by atoms with Crippen LogP contribution >= 0.6 is 11.6 Å². The Morgan fingerprint density at radius 1 is 1.21 bits per heavy atom. The summed E-state index contributed by atoms with van der Waals surface area (Å²) in [7, 11) is -2.72. The maximum Gasteiger partial charge on any atom is 0.335 e. The number of rotatable bonds is 10. The second kappa shape index (κ2) is 9.84. The zero-order chi connectivity index (χ0) is 21.6. The molecule has 0 aliphatic heterocycles. The van der Waals surface area contributed by atoms with E-state index >= 15 is 0 Å². The molecular weight excluding hydrogens is 416 g/mol. The molecule has 0 fully saturated rings. The van der Waals surface area contributed by atoms with Crippen molar-refractivity contribution >= 4 is 39.0 Å². The highest BCUT2D eigenvalue weighted by Crippen LogP contribution is 2.33. The number of halogens is 1. The van der Waals surface area contributed by atoms with Crippen LogP contribution in [0.1, 0.15) is 37.0 Å². The molecule has 0 amide bonds. The first-order chi connectivity index (χ1) is 13.7. The fourth-order valence-corrected chi connectivity index (χ4v) is 4.38. The topological polar surface area (TPSA) is 95.9 Å². The summed E-state index contributed by atoms with van der Waals surface area (Å²) in [5.41, 5.74) is 0.774. The van der Waals surface area contributed by atoms with Crippen LogP contribution in [0.3, 0.4) is 0 Å². The molecule has 0 heterocycles. The molecule has 0 unspecified atom stereocenters. The summed E-state index contributed by atoms with van der Waals surface area (Å²) in [5.74, 6) is -1.01. The van der Waals surface area contributed by atoms with Crippen LogP contribution in [0, 0.1) is 0 Å². The molecule has 2 rings (SSSR count). The molecule has 0 bridgehead atoms. The Balaban J connectivity index is 2.55. The van der Waals surface area contributed by atoms with Gasteiger partial charge in [0.15, 0.2) is 0 Å². The lowest BCUT2D eigenvalue weighted by Gasteiger charge is -2.26. The summed E-state index contributed by atoms with van der Waals surface area (Å²) in [5, 5.41) is 9.58. The standard InChI is InChI=1S/C20H25ClN2O5S/c1-4-6-11-23(5-2)17-9-7-14(20(24)25)12-16(17)22-29(26,27)19-13-15(21)8-10-18(19)28-3/h7-10,12-13,22H,4-6,11H2,1-3H3,(H,24,25). The van der Waals surface area contributed by atoms with Gasteiger partial charge in [0.1, 0.15) is 10.6 Å². The van der Waals surface area contributed by atoms with E-state index in [1.54, 1.807) is 6.07 Å². The number of methoxy groups -OCH3 is 1. The van der Waals surface area contributed by atoms with Crippen molar-refractivity contribution in [1.29, 1.82) is 0 Å². The van der Waals surface area contributed by atoms with Crippen LogP contribution in [0.5, 0.6) is 5.75 Å². The van der Waals surface area contributed by atoms with Gasteiger partial charge in [0.05, 0.1) is 24.0 Å². The third kappa shape index (κ3) is 5.55. The summed E-state index contributed by atoms with van der Waals surface area (Å²) in [6.07, 6.45) is 1.90. The molecule has 0 aliphatic carbocycles. The van der Waals surface area contributed by atoms with Crippen molar-refractivity contribution in [3.63, 3.8) is 0 Å². The Hall–Kier alpha value is -2.45. The Morgan fingerprint density at radius 3 is 2.52 bits per heavy atom. The number of aromatic carboxylic acids is 1. The molecule has 0 spiro atoms. The van der Waals surface area contributed by atoms with Gasteiger partial charge in [-0.2, -0.15) is 0 Å². The lowest BCUT2D eigenvalue weighted by atomic mass is 10.1. The van der Waals surface area contributed by atoms with Gasteiger partial charge in [-0.25, -0.2) is 13.2 Å². The highest BCUT2D eigenvalue weighted by atomic mass is 35.5. The van der Waals surface area contributed by atoms with E-state index in [0.717, 1.165) is 12.8 Å². The van der Waals surface area contributed by atoms with Crippen LogP contribution in [-0.4, -0.2) is 39.7 Å². The highest BCUT2D eigenvalue weighted by molar-refractivity contribution is 7.92. The summed E-state index contributed by atoms with van der Waals surface area (Å²) in [6, 6.07) is 8.68. The molecule has 2 aromatic carbocycles. The number of sulfonamides is 1. The van der Waals surface area contributed by atoms with Gasteiger partial charge in [0.25, 0.3) is 10.0 Å². The number of ether oxygens (including phenoxy) is 1. The second-order valence-electron chi connectivity index (χ2n) is 6.37. The van der Waals surface area contributed by atoms with Crippen LogP contribution in [-0.2, 0) is 10.0 Å². The quantitative estimate of drug-likeness (QED) is 0.565. The number of hydrogen-bond donors (Lipinski definition) is 2. The Morgan fingerprint density at radius 2 is 1.93 bits per heavy atom. The number of anilines is 2. The SMILES string of the molecule is CCCCN(CC)c1ccc(C(=O)O)cc1NS(=O)(=O)c1cc(Cl)ccc1OC. The number of unbranched alkanes of at least 4 members (excludes halogenated alkanes) is 1. The summed E-state index contributed by atoms with van der Waals surface area (Å²) in [6.45, 7) is 5.38. The summed E-state index contributed by atoms with van der Waals surface area (Å²) >= 11 is 5.98. The third-order valence-electron chi connectivity index (χ3n) is 4.41. The first-order valence-corrected chi connectivity index (χ1v) is 11.1. The Labute approximate surface area is 176 Å². The van der Waals surface area contributed by atoms with Gasteiger partial charge in [-0.15, -0.1) is 0 Å². The van der Waals surface area contributed by atoms with Gasteiger partial charge in [0.2, 0.25) is 0 Å². The number of hydrogen-bond acceptors (Lipinski definition) is 5. The van der Waals surface area contributed by atoms with E-state index in [-0.39, 0.29) is 26.9 Å². The fourth-order valence-electron chi connectivity index (χ4n) is 2.88. The number of nitrogens with zero attached hydrogens (tertiary/aromatic N) is 1. The third-order valence-corrected chi connectivity index (χ3v) is 6.03.